The largest absolute Gasteiger partial charge is 0.384 e. The Bertz CT molecular complexity index is 1040. The van der Waals surface area contributed by atoms with Crippen molar-refractivity contribution in [3.8, 4) is 10.8 Å². The van der Waals surface area contributed by atoms with Crippen LogP contribution >= 0.6 is 11.3 Å². The number of nitrogens with two attached hydrogens (primary N) is 1. The van der Waals surface area contributed by atoms with Crippen LogP contribution in [0.25, 0.3) is 16.5 Å². The monoisotopic (exact) mass is 339 g/mol. The summed E-state index contributed by atoms with van der Waals surface area (Å²) < 4.78 is 14.5. The van der Waals surface area contributed by atoms with E-state index in [4.69, 9.17) is 5.73 Å². The maximum absolute atomic E-state index is 13.0. The minimum absolute atomic E-state index is 0.261. The number of pyridine rings is 1. The number of hydrogen-bond acceptors (Lipinski definition) is 6. The summed E-state index contributed by atoms with van der Waals surface area (Å²) in [4.78, 5) is 21.1. The van der Waals surface area contributed by atoms with Gasteiger partial charge in [0.2, 0.25) is 5.82 Å². The third-order valence-corrected chi connectivity index (χ3v) is 4.23. The highest BCUT2D eigenvalue weighted by Crippen LogP contribution is 2.22. The van der Waals surface area contributed by atoms with Gasteiger partial charge in [-0.1, -0.05) is 0 Å². The standard InChI is InChI=1S/C16H10FN5OS/c17-11-3-1-9(2-4-11)14(23)10-7-12(18)22-13(8-10)20-15(21-22)16-19-5-6-24-16/h1-8H,18H2. The zero-order valence-corrected chi connectivity index (χ0v) is 13.0. The Balaban J connectivity index is 1.79. The van der Waals surface area contributed by atoms with Gasteiger partial charge in [0.25, 0.3) is 0 Å². The molecule has 1 aromatic carbocycles. The van der Waals surface area contributed by atoms with Crippen LogP contribution in [0, 0.1) is 5.82 Å². The molecule has 0 saturated carbocycles. The molecule has 0 aliphatic rings. The van der Waals surface area contributed by atoms with Gasteiger partial charge in [-0.05, 0) is 36.4 Å². The number of anilines is 1. The fourth-order valence-electron chi connectivity index (χ4n) is 2.33. The molecule has 0 radical (unpaired) electrons. The molecule has 3 heterocycles. The summed E-state index contributed by atoms with van der Waals surface area (Å²) in [7, 11) is 0. The number of aromatic nitrogens is 4. The molecule has 0 atom stereocenters. The van der Waals surface area contributed by atoms with Gasteiger partial charge in [-0.2, -0.15) is 4.52 Å². The maximum atomic E-state index is 13.0. The zero-order valence-electron chi connectivity index (χ0n) is 12.2. The van der Waals surface area contributed by atoms with E-state index in [0.717, 1.165) is 0 Å². The third-order valence-electron chi connectivity index (χ3n) is 3.46. The topological polar surface area (TPSA) is 86.2 Å². The van der Waals surface area contributed by atoms with Crippen molar-refractivity contribution in [1.82, 2.24) is 19.6 Å². The number of benzene rings is 1. The molecule has 24 heavy (non-hydrogen) atoms. The zero-order chi connectivity index (χ0) is 16.7. The van der Waals surface area contributed by atoms with Gasteiger partial charge in [0.05, 0.1) is 0 Å². The SMILES string of the molecule is Nc1cc(C(=O)c2ccc(F)cc2)cc2nc(-c3nccs3)nn12. The number of carbonyl (C=O) groups is 1. The van der Waals surface area contributed by atoms with E-state index >= 15 is 0 Å². The lowest BCUT2D eigenvalue weighted by atomic mass is 10.0. The number of thiazole rings is 1. The highest BCUT2D eigenvalue weighted by Gasteiger charge is 2.15. The second-order valence-electron chi connectivity index (χ2n) is 5.05. The number of carbonyl (C=O) groups excluding carboxylic acids is 1. The van der Waals surface area contributed by atoms with Crippen molar-refractivity contribution in [2.45, 2.75) is 0 Å². The average Bonchev–Trinajstić information content (AvgIpc) is 3.24. The van der Waals surface area contributed by atoms with Gasteiger partial charge >= 0.3 is 0 Å². The van der Waals surface area contributed by atoms with Crippen LogP contribution in [0.4, 0.5) is 10.2 Å². The van der Waals surface area contributed by atoms with E-state index in [9.17, 15) is 9.18 Å². The molecule has 0 spiro atoms. The van der Waals surface area contributed by atoms with E-state index in [1.54, 1.807) is 12.3 Å². The fraction of sp³-hybridized carbons (Fsp3) is 0. The molecule has 4 aromatic rings. The molecule has 8 heteroatoms. The second kappa shape index (κ2) is 5.50. The lowest BCUT2D eigenvalue weighted by molar-refractivity contribution is 0.103. The van der Waals surface area contributed by atoms with Gasteiger partial charge in [-0.25, -0.2) is 14.4 Å². The van der Waals surface area contributed by atoms with Gasteiger partial charge < -0.3 is 5.73 Å². The van der Waals surface area contributed by atoms with Crippen LogP contribution in [0.3, 0.4) is 0 Å². The Morgan fingerprint density at radius 3 is 2.67 bits per heavy atom. The number of halogens is 1. The lowest BCUT2D eigenvalue weighted by Crippen LogP contribution is -2.06. The summed E-state index contributed by atoms with van der Waals surface area (Å²) in [5.41, 5.74) is 7.18. The summed E-state index contributed by atoms with van der Waals surface area (Å²) >= 11 is 1.41. The predicted octanol–water partition coefficient (Wildman–Crippen LogP) is 2.81. The number of ketones is 1. The van der Waals surface area contributed by atoms with E-state index in [-0.39, 0.29) is 11.6 Å². The molecule has 0 unspecified atom stereocenters. The fourth-order valence-corrected chi connectivity index (χ4v) is 2.90. The molecule has 0 amide bonds. The van der Waals surface area contributed by atoms with Gasteiger partial charge in [0, 0.05) is 22.7 Å². The van der Waals surface area contributed by atoms with E-state index in [1.807, 2.05) is 5.38 Å². The van der Waals surface area contributed by atoms with Crippen molar-refractivity contribution < 1.29 is 9.18 Å². The minimum Gasteiger partial charge on any atom is -0.384 e. The van der Waals surface area contributed by atoms with Crippen LogP contribution in [0.15, 0.2) is 48.0 Å². The van der Waals surface area contributed by atoms with Crippen LogP contribution in [-0.4, -0.2) is 25.4 Å². The summed E-state index contributed by atoms with van der Waals surface area (Å²) in [5.74, 6) is 0.0754. The summed E-state index contributed by atoms with van der Waals surface area (Å²) in [6, 6.07) is 8.48. The maximum Gasteiger partial charge on any atom is 0.211 e. The first kappa shape index (κ1) is 14.5. The van der Waals surface area contributed by atoms with Gasteiger partial charge in [0.1, 0.15) is 11.6 Å². The quantitative estimate of drug-likeness (QED) is 0.580. The lowest BCUT2D eigenvalue weighted by Gasteiger charge is -2.04. The summed E-state index contributed by atoms with van der Waals surface area (Å²) in [5, 5.41) is 6.81. The van der Waals surface area contributed by atoms with Crippen molar-refractivity contribution in [1.29, 1.82) is 0 Å². The Kier molecular flexibility index (Phi) is 3.31. The molecular formula is C16H10FN5OS. The third kappa shape index (κ3) is 2.42. The first-order chi connectivity index (χ1) is 11.6. The van der Waals surface area contributed by atoms with Crippen LogP contribution in [-0.2, 0) is 0 Å². The average molecular weight is 339 g/mol. The van der Waals surface area contributed by atoms with E-state index in [1.165, 1.54) is 46.2 Å². The first-order valence-electron chi connectivity index (χ1n) is 6.98. The molecule has 3 aromatic heterocycles. The van der Waals surface area contributed by atoms with Crippen molar-refractivity contribution in [2.24, 2.45) is 0 Å². The Labute approximate surface area is 139 Å². The van der Waals surface area contributed by atoms with Crippen molar-refractivity contribution >= 4 is 28.6 Å². The highest BCUT2D eigenvalue weighted by atomic mass is 32.1. The van der Waals surface area contributed by atoms with E-state index < -0.39 is 5.82 Å². The molecule has 0 aliphatic heterocycles. The summed E-state index contributed by atoms with van der Waals surface area (Å²) in [6.45, 7) is 0. The first-order valence-corrected chi connectivity index (χ1v) is 7.86. The Morgan fingerprint density at radius 2 is 1.96 bits per heavy atom. The molecule has 0 saturated heterocycles. The molecular weight excluding hydrogens is 329 g/mol. The van der Waals surface area contributed by atoms with Gasteiger partial charge in [-0.15, -0.1) is 16.4 Å². The number of fused-ring (bicyclic) bond motifs is 1. The minimum atomic E-state index is -0.396. The highest BCUT2D eigenvalue weighted by molar-refractivity contribution is 7.13. The molecule has 0 fully saturated rings. The number of hydrogen-bond donors (Lipinski definition) is 1. The summed E-state index contributed by atoms with van der Waals surface area (Å²) in [6.07, 6.45) is 1.67. The van der Waals surface area contributed by atoms with Crippen LogP contribution < -0.4 is 5.73 Å². The number of rotatable bonds is 3. The van der Waals surface area contributed by atoms with Crippen LogP contribution in [0.5, 0.6) is 0 Å². The van der Waals surface area contributed by atoms with Crippen molar-refractivity contribution in [2.75, 3.05) is 5.73 Å². The molecule has 4 rings (SSSR count). The van der Waals surface area contributed by atoms with Gasteiger partial charge in [0.15, 0.2) is 16.4 Å². The molecule has 118 valence electrons. The number of nitrogens with zero attached hydrogens (tertiary/aromatic N) is 4. The number of nitrogen functional groups attached to an aromatic ring is 1. The van der Waals surface area contributed by atoms with E-state index in [2.05, 4.69) is 15.1 Å². The predicted molar refractivity (Wildman–Crippen MR) is 88.3 cm³/mol. The van der Waals surface area contributed by atoms with Crippen LogP contribution in [0.1, 0.15) is 15.9 Å². The normalized spacial score (nSPS) is 11.0. The van der Waals surface area contributed by atoms with Crippen LogP contribution in [0.2, 0.25) is 0 Å². The van der Waals surface area contributed by atoms with Crippen molar-refractivity contribution in [3.05, 3.63) is 64.9 Å². The van der Waals surface area contributed by atoms with Crippen molar-refractivity contribution in [3.63, 3.8) is 0 Å². The molecule has 0 bridgehead atoms. The van der Waals surface area contributed by atoms with E-state index in [0.29, 0.717) is 27.6 Å². The second-order valence-corrected chi connectivity index (χ2v) is 5.94. The van der Waals surface area contributed by atoms with Gasteiger partial charge in [-0.3, -0.25) is 4.79 Å². The molecule has 0 aliphatic carbocycles. The molecule has 6 nitrogen and oxygen atoms in total. The Morgan fingerprint density at radius 1 is 1.17 bits per heavy atom. The molecule has 2 N–H and O–H groups in total. The smallest absolute Gasteiger partial charge is 0.211 e. The Hall–Kier alpha value is -3.13.